The maximum absolute atomic E-state index is 13.0. The largest absolute Gasteiger partial charge is 0.488 e. The molecule has 0 radical (unpaired) electrons. The zero-order valence-corrected chi connectivity index (χ0v) is 16.1. The molecule has 0 aromatic heterocycles. The lowest BCUT2D eigenvalue weighted by Crippen LogP contribution is -2.00. The lowest BCUT2D eigenvalue weighted by Gasteiger charge is -2.10. The summed E-state index contributed by atoms with van der Waals surface area (Å²) in [5, 5.41) is 0.326. The average molecular weight is 473 g/mol. The Morgan fingerprint density at radius 3 is 2.76 bits per heavy atom. The van der Waals surface area contributed by atoms with Gasteiger partial charge in [0.15, 0.2) is 0 Å². The summed E-state index contributed by atoms with van der Waals surface area (Å²) in [6, 6.07) is 9.68. The van der Waals surface area contributed by atoms with E-state index in [1.807, 2.05) is 12.1 Å². The van der Waals surface area contributed by atoms with Crippen LogP contribution < -0.4 is 4.74 Å². The molecule has 0 atom stereocenters. The SMILES string of the molecule is C=CCOC(=O)/C=C/c1ccc(OCc2ccc(F)cc2Cl)c(I)c1. The number of hydrogen-bond acceptors (Lipinski definition) is 3. The van der Waals surface area contributed by atoms with Crippen LogP contribution in [0.5, 0.6) is 5.75 Å². The van der Waals surface area contributed by atoms with E-state index in [0.717, 1.165) is 9.13 Å². The molecule has 0 aliphatic carbocycles. The number of halogens is 3. The second kappa shape index (κ2) is 9.58. The van der Waals surface area contributed by atoms with Crippen LogP contribution in [0.15, 0.2) is 55.1 Å². The zero-order valence-electron chi connectivity index (χ0n) is 13.2. The minimum atomic E-state index is -0.429. The lowest BCUT2D eigenvalue weighted by molar-refractivity contribution is -0.136. The molecular weight excluding hydrogens is 458 g/mol. The van der Waals surface area contributed by atoms with E-state index < -0.39 is 5.97 Å². The van der Waals surface area contributed by atoms with Gasteiger partial charge in [0.1, 0.15) is 24.8 Å². The second-order valence-corrected chi connectivity index (χ2v) is 6.54. The van der Waals surface area contributed by atoms with Gasteiger partial charge in [-0.2, -0.15) is 0 Å². The van der Waals surface area contributed by atoms with Crippen molar-refractivity contribution in [2.24, 2.45) is 0 Å². The van der Waals surface area contributed by atoms with Crippen molar-refractivity contribution < 1.29 is 18.7 Å². The molecule has 0 spiro atoms. The first kappa shape index (κ1) is 19.5. The van der Waals surface area contributed by atoms with Gasteiger partial charge in [-0.05, 0) is 58.5 Å². The number of esters is 1. The van der Waals surface area contributed by atoms with Crippen molar-refractivity contribution in [1.29, 1.82) is 0 Å². The molecule has 3 nitrogen and oxygen atoms in total. The van der Waals surface area contributed by atoms with E-state index in [1.165, 1.54) is 24.3 Å². The molecule has 2 aromatic carbocycles. The van der Waals surface area contributed by atoms with E-state index in [9.17, 15) is 9.18 Å². The topological polar surface area (TPSA) is 35.5 Å². The Hall–Kier alpha value is -1.86. The molecular formula is C19H15ClFIO3. The van der Waals surface area contributed by atoms with Crippen LogP contribution in [0.25, 0.3) is 6.08 Å². The first-order chi connectivity index (χ1) is 12.0. The molecule has 0 unspecified atom stereocenters. The van der Waals surface area contributed by atoms with Crippen molar-refractivity contribution in [2.45, 2.75) is 6.61 Å². The maximum Gasteiger partial charge on any atom is 0.331 e. The first-order valence-electron chi connectivity index (χ1n) is 7.31. The molecule has 130 valence electrons. The molecule has 0 saturated heterocycles. The predicted octanol–water partition coefficient (Wildman–Crippen LogP) is 5.41. The fraction of sp³-hybridized carbons (Fsp3) is 0.105. The molecule has 0 aliphatic rings. The third kappa shape index (κ3) is 6.17. The summed E-state index contributed by atoms with van der Waals surface area (Å²) in [5.41, 5.74) is 1.54. The molecule has 0 N–H and O–H groups in total. The van der Waals surface area contributed by atoms with Crippen LogP contribution in [0, 0.1) is 9.39 Å². The quantitative estimate of drug-likeness (QED) is 0.234. The molecule has 0 amide bonds. The molecule has 2 rings (SSSR count). The van der Waals surface area contributed by atoms with Gasteiger partial charge in [-0.1, -0.05) is 36.4 Å². The standard InChI is InChI=1S/C19H15ClFIO3/c1-2-9-24-19(23)8-4-13-3-7-18(17(22)10-13)25-12-14-5-6-15(21)11-16(14)20/h2-8,10-11H,1,9,12H2/b8-4+. The van der Waals surface area contributed by atoms with Gasteiger partial charge in [0.25, 0.3) is 0 Å². The number of hydrogen-bond donors (Lipinski definition) is 0. The minimum Gasteiger partial charge on any atom is -0.488 e. The Bertz CT molecular complexity index is 805. The summed E-state index contributed by atoms with van der Waals surface area (Å²) in [4.78, 5) is 11.4. The van der Waals surface area contributed by atoms with Crippen LogP contribution in [0.4, 0.5) is 4.39 Å². The monoisotopic (exact) mass is 472 g/mol. The van der Waals surface area contributed by atoms with Crippen molar-refractivity contribution >= 4 is 46.2 Å². The third-order valence-corrected chi connectivity index (χ3v) is 4.30. The highest BCUT2D eigenvalue weighted by atomic mass is 127. The van der Waals surface area contributed by atoms with Crippen LogP contribution in [-0.4, -0.2) is 12.6 Å². The van der Waals surface area contributed by atoms with E-state index in [-0.39, 0.29) is 19.0 Å². The molecule has 0 aliphatic heterocycles. The lowest BCUT2D eigenvalue weighted by atomic mass is 10.2. The fourth-order valence-electron chi connectivity index (χ4n) is 1.89. The van der Waals surface area contributed by atoms with Gasteiger partial charge in [-0.3, -0.25) is 0 Å². The number of rotatable bonds is 7. The second-order valence-electron chi connectivity index (χ2n) is 4.97. The van der Waals surface area contributed by atoms with Crippen molar-refractivity contribution in [3.05, 3.63) is 80.7 Å². The summed E-state index contributed by atoms with van der Waals surface area (Å²) in [7, 11) is 0. The molecule has 0 saturated carbocycles. The average Bonchev–Trinajstić information content (AvgIpc) is 2.58. The Morgan fingerprint density at radius 1 is 1.28 bits per heavy atom. The smallest absolute Gasteiger partial charge is 0.331 e. The van der Waals surface area contributed by atoms with Gasteiger partial charge in [-0.15, -0.1) is 0 Å². The predicted molar refractivity (Wildman–Crippen MR) is 105 cm³/mol. The van der Waals surface area contributed by atoms with Crippen molar-refractivity contribution in [3.8, 4) is 5.75 Å². The van der Waals surface area contributed by atoms with Gasteiger partial charge >= 0.3 is 5.97 Å². The van der Waals surface area contributed by atoms with Crippen LogP contribution in [-0.2, 0) is 16.1 Å². The molecule has 2 aromatic rings. The maximum atomic E-state index is 13.0. The van der Waals surface area contributed by atoms with Crippen LogP contribution in [0.3, 0.4) is 0 Å². The van der Waals surface area contributed by atoms with Gasteiger partial charge < -0.3 is 9.47 Å². The first-order valence-corrected chi connectivity index (χ1v) is 8.77. The van der Waals surface area contributed by atoms with Crippen molar-refractivity contribution in [1.82, 2.24) is 0 Å². The number of benzene rings is 2. The third-order valence-electron chi connectivity index (χ3n) is 3.11. The van der Waals surface area contributed by atoms with Gasteiger partial charge in [0.2, 0.25) is 0 Å². The van der Waals surface area contributed by atoms with E-state index >= 15 is 0 Å². The molecule has 25 heavy (non-hydrogen) atoms. The summed E-state index contributed by atoms with van der Waals surface area (Å²) in [6.45, 7) is 3.89. The summed E-state index contributed by atoms with van der Waals surface area (Å²) in [6.07, 6.45) is 4.52. The number of ether oxygens (including phenoxy) is 2. The van der Waals surface area contributed by atoms with E-state index in [1.54, 1.807) is 18.2 Å². The summed E-state index contributed by atoms with van der Waals surface area (Å²) >= 11 is 8.13. The van der Waals surface area contributed by atoms with Crippen molar-refractivity contribution in [3.63, 3.8) is 0 Å². The van der Waals surface area contributed by atoms with Crippen molar-refractivity contribution in [2.75, 3.05) is 6.61 Å². The fourth-order valence-corrected chi connectivity index (χ4v) is 2.80. The zero-order chi connectivity index (χ0) is 18.2. The number of carbonyl (C=O) groups is 1. The van der Waals surface area contributed by atoms with Gasteiger partial charge in [0, 0.05) is 11.6 Å². The van der Waals surface area contributed by atoms with Crippen LogP contribution >= 0.6 is 34.2 Å². The summed E-state index contributed by atoms with van der Waals surface area (Å²) < 4.78 is 24.5. The van der Waals surface area contributed by atoms with E-state index in [0.29, 0.717) is 16.3 Å². The van der Waals surface area contributed by atoms with E-state index in [4.69, 9.17) is 21.1 Å². The highest BCUT2D eigenvalue weighted by Gasteiger charge is 2.06. The van der Waals surface area contributed by atoms with Gasteiger partial charge in [-0.25, -0.2) is 9.18 Å². The molecule has 0 heterocycles. The number of carbonyl (C=O) groups excluding carboxylic acids is 1. The molecule has 0 bridgehead atoms. The summed E-state index contributed by atoms with van der Waals surface area (Å²) in [5.74, 6) is -0.139. The Morgan fingerprint density at radius 2 is 2.08 bits per heavy atom. The Kier molecular flexibility index (Phi) is 7.46. The van der Waals surface area contributed by atoms with Crippen LogP contribution in [0.2, 0.25) is 5.02 Å². The minimum absolute atomic E-state index is 0.180. The highest BCUT2D eigenvalue weighted by molar-refractivity contribution is 14.1. The highest BCUT2D eigenvalue weighted by Crippen LogP contribution is 2.25. The van der Waals surface area contributed by atoms with Gasteiger partial charge in [0.05, 0.1) is 8.59 Å². The van der Waals surface area contributed by atoms with Crippen LogP contribution in [0.1, 0.15) is 11.1 Å². The molecule has 6 heteroatoms. The van der Waals surface area contributed by atoms with E-state index in [2.05, 4.69) is 29.2 Å². The Labute approximate surface area is 164 Å². The normalized spacial score (nSPS) is 10.7. The molecule has 0 fully saturated rings. The Balaban J connectivity index is 2.00.